The Balaban J connectivity index is 1.91. The fourth-order valence-corrected chi connectivity index (χ4v) is 4.72. The van der Waals surface area contributed by atoms with E-state index in [0.29, 0.717) is 5.69 Å². The first kappa shape index (κ1) is 15.6. The van der Waals surface area contributed by atoms with E-state index in [9.17, 15) is 4.79 Å². The smallest absolute Gasteiger partial charge is 0.195 e. The highest BCUT2D eigenvalue weighted by Crippen LogP contribution is 2.34. The summed E-state index contributed by atoms with van der Waals surface area (Å²) >= 11 is 1.61. The Hall–Kier alpha value is -1.94. The highest BCUT2D eigenvalue weighted by molar-refractivity contribution is 7.15. The van der Waals surface area contributed by atoms with Crippen molar-refractivity contribution in [2.24, 2.45) is 0 Å². The van der Waals surface area contributed by atoms with Gasteiger partial charge in [-0.15, -0.1) is 11.3 Å². The number of nitrogens with zero attached hydrogens (tertiary/aromatic N) is 2. The lowest BCUT2D eigenvalue weighted by Crippen LogP contribution is -2.15. The molecule has 4 heteroatoms. The van der Waals surface area contributed by atoms with Crippen molar-refractivity contribution in [3.8, 4) is 11.3 Å². The lowest BCUT2D eigenvalue weighted by atomic mass is 9.89. The van der Waals surface area contributed by atoms with Crippen LogP contribution in [0.1, 0.15) is 60.9 Å². The first-order valence-electron chi connectivity index (χ1n) is 8.57. The molecule has 24 heavy (non-hydrogen) atoms. The number of imidazole rings is 1. The SMILES string of the molecule is CC(C)(C)c1csc2nc(-c3ccc4c(c3)CCCC4)c(C=O)n12. The Labute approximate surface area is 146 Å². The predicted octanol–water partition coefficient (Wildman–Crippen LogP) is 5.05. The maximum Gasteiger partial charge on any atom is 0.195 e. The van der Waals surface area contributed by atoms with Gasteiger partial charge in [0.05, 0.1) is 0 Å². The maximum absolute atomic E-state index is 11.9. The molecule has 0 bridgehead atoms. The van der Waals surface area contributed by atoms with E-state index in [4.69, 9.17) is 4.98 Å². The van der Waals surface area contributed by atoms with E-state index in [0.717, 1.165) is 34.6 Å². The highest BCUT2D eigenvalue weighted by Gasteiger charge is 2.24. The van der Waals surface area contributed by atoms with Gasteiger partial charge in [-0.25, -0.2) is 4.98 Å². The van der Waals surface area contributed by atoms with Crippen LogP contribution in [-0.4, -0.2) is 15.7 Å². The number of thiazole rings is 1. The third kappa shape index (κ3) is 2.40. The topological polar surface area (TPSA) is 34.4 Å². The molecule has 0 atom stereocenters. The molecule has 3 aromatic rings. The molecule has 1 aliphatic rings. The molecular weight excluding hydrogens is 316 g/mol. The van der Waals surface area contributed by atoms with Crippen LogP contribution >= 0.6 is 11.3 Å². The number of hydrogen-bond acceptors (Lipinski definition) is 3. The second-order valence-corrected chi connectivity index (χ2v) is 8.48. The quantitative estimate of drug-likeness (QED) is 0.613. The minimum Gasteiger partial charge on any atom is -0.296 e. The van der Waals surface area contributed by atoms with Gasteiger partial charge < -0.3 is 0 Å². The van der Waals surface area contributed by atoms with E-state index < -0.39 is 0 Å². The van der Waals surface area contributed by atoms with Gasteiger partial charge in [-0.1, -0.05) is 32.9 Å². The largest absolute Gasteiger partial charge is 0.296 e. The fourth-order valence-electron chi connectivity index (χ4n) is 3.60. The summed E-state index contributed by atoms with van der Waals surface area (Å²) in [6.45, 7) is 6.50. The van der Waals surface area contributed by atoms with Gasteiger partial charge in [0.1, 0.15) is 11.4 Å². The van der Waals surface area contributed by atoms with E-state index >= 15 is 0 Å². The summed E-state index contributed by atoms with van der Waals surface area (Å²) in [5, 5.41) is 2.12. The molecular formula is C20H22N2OS. The standard InChI is InChI=1S/C20H22N2OS/c1-20(2,3)17-12-24-19-21-18(16(11-23)22(17)19)15-9-8-13-6-4-5-7-14(13)10-15/h8-12H,4-7H2,1-3H3. The minimum atomic E-state index is -0.0240. The second-order valence-electron chi connectivity index (χ2n) is 7.64. The number of carbonyl (C=O) groups excluding carboxylic acids is 1. The second kappa shape index (κ2) is 5.55. The molecule has 1 aliphatic carbocycles. The van der Waals surface area contributed by atoms with E-state index in [1.54, 1.807) is 11.3 Å². The molecule has 0 saturated heterocycles. The number of fused-ring (bicyclic) bond motifs is 2. The van der Waals surface area contributed by atoms with Crippen molar-refractivity contribution in [3.63, 3.8) is 0 Å². The molecule has 0 fully saturated rings. The number of hydrogen-bond donors (Lipinski definition) is 0. The summed E-state index contributed by atoms with van der Waals surface area (Å²) in [5.41, 5.74) is 6.54. The monoisotopic (exact) mass is 338 g/mol. The van der Waals surface area contributed by atoms with Crippen molar-refractivity contribution in [2.45, 2.75) is 51.9 Å². The number of aldehydes is 1. The van der Waals surface area contributed by atoms with Crippen molar-refractivity contribution < 1.29 is 4.79 Å². The van der Waals surface area contributed by atoms with Crippen molar-refractivity contribution in [1.29, 1.82) is 0 Å². The Morgan fingerprint density at radius 2 is 1.92 bits per heavy atom. The number of aromatic nitrogens is 2. The fraction of sp³-hybridized carbons (Fsp3) is 0.400. The Bertz CT molecular complexity index is 927. The summed E-state index contributed by atoms with van der Waals surface area (Å²) in [5.74, 6) is 0. The van der Waals surface area contributed by atoms with Crippen LogP contribution in [0.4, 0.5) is 0 Å². The Morgan fingerprint density at radius 3 is 2.62 bits per heavy atom. The molecule has 4 rings (SSSR count). The molecule has 0 unspecified atom stereocenters. The number of benzene rings is 1. The third-order valence-corrected chi connectivity index (χ3v) is 5.73. The van der Waals surface area contributed by atoms with Gasteiger partial charge in [-0.05, 0) is 42.9 Å². The summed E-state index contributed by atoms with van der Waals surface area (Å²) in [6.07, 6.45) is 5.79. The molecule has 2 heterocycles. The van der Waals surface area contributed by atoms with Crippen LogP contribution in [0.5, 0.6) is 0 Å². The Morgan fingerprint density at radius 1 is 1.17 bits per heavy atom. The van der Waals surface area contributed by atoms with Gasteiger partial charge >= 0.3 is 0 Å². The van der Waals surface area contributed by atoms with Gasteiger partial charge in [-0.3, -0.25) is 9.20 Å². The predicted molar refractivity (Wildman–Crippen MR) is 99.2 cm³/mol. The van der Waals surface area contributed by atoms with Crippen LogP contribution in [0.2, 0.25) is 0 Å². The number of rotatable bonds is 2. The lowest BCUT2D eigenvalue weighted by molar-refractivity contribution is 0.111. The molecule has 2 aromatic heterocycles. The van der Waals surface area contributed by atoms with Gasteiger partial charge in [0.25, 0.3) is 0 Å². The number of carbonyl (C=O) groups is 1. The molecule has 1 aromatic carbocycles. The molecule has 0 saturated carbocycles. The van der Waals surface area contributed by atoms with Gasteiger partial charge in [-0.2, -0.15) is 0 Å². The van der Waals surface area contributed by atoms with Gasteiger partial charge in [0, 0.05) is 22.1 Å². The zero-order chi connectivity index (χ0) is 16.9. The first-order chi connectivity index (χ1) is 11.5. The molecule has 0 amide bonds. The van der Waals surface area contributed by atoms with Crippen molar-refractivity contribution in [2.75, 3.05) is 0 Å². The summed E-state index contributed by atoms with van der Waals surface area (Å²) in [6, 6.07) is 6.58. The highest BCUT2D eigenvalue weighted by atomic mass is 32.1. The molecule has 0 N–H and O–H groups in total. The van der Waals surface area contributed by atoms with E-state index in [2.05, 4.69) is 44.4 Å². The van der Waals surface area contributed by atoms with E-state index in [-0.39, 0.29) is 5.41 Å². The van der Waals surface area contributed by atoms with Crippen molar-refractivity contribution >= 4 is 22.6 Å². The molecule has 0 spiro atoms. The molecule has 124 valence electrons. The van der Waals surface area contributed by atoms with E-state index in [1.807, 2.05) is 4.40 Å². The molecule has 0 aliphatic heterocycles. The average molecular weight is 338 g/mol. The minimum absolute atomic E-state index is 0.0240. The van der Waals surface area contributed by atoms with Crippen LogP contribution in [0.25, 0.3) is 16.2 Å². The third-order valence-electron chi connectivity index (χ3n) is 4.90. The van der Waals surface area contributed by atoms with Gasteiger partial charge in [0.2, 0.25) is 0 Å². The van der Waals surface area contributed by atoms with Gasteiger partial charge in [0.15, 0.2) is 11.2 Å². The first-order valence-corrected chi connectivity index (χ1v) is 9.45. The summed E-state index contributed by atoms with van der Waals surface area (Å²) < 4.78 is 2.03. The zero-order valence-corrected chi connectivity index (χ0v) is 15.2. The summed E-state index contributed by atoms with van der Waals surface area (Å²) in [7, 11) is 0. The number of aryl methyl sites for hydroxylation is 2. The lowest BCUT2D eigenvalue weighted by Gasteiger charge is -2.18. The summed E-state index contributed by atoms with van der Waals surface area (Å²) in [4.78, 5) is 17.6. The normalized spacial score (nSPS) is 14.8. The molecule has 0 radical (unpaired) electrons. The maximum atomic E-state index is 11.9. The van der Waals surface area contributed by atoms with Crippen molar-refractivity contribution in [3.05, 3.63) is 46.1 Å². The van der Waals surface area contributed by atoms with Crippen LogP contribution in [0.15, 0.2) is 23.6 Å². The van der Waals surface area contributed by atoms with Crippen LogP contribution in [-0.2, 0) is 18.3 Å². The van der Waals surface area contributed by atoms with E-state index in [1.165, 1.54) is 30.4 Å². The average Bonchev–Trinajstić information content (AvgIpc) is 3.12. The van der Waals surface area contributed by atoms with Crippen molar-refractivity contribution in [1.82, 2.24) is 9.38 Å². The zero-order valence-electron chi connectivity index (χ0n) is 14.4. The van der Waals surface area contributed by atoms with Crippen LogP contribution < -0.4 is 0 Å². The Kier molecular flexibility index (Phi) is 3.61. The van der Waals surface area contributed by atoms with Crippen LogP contribution in [0, 0.1) is 0 Å². The van der Waals surface area contributed by atoms with Crippen LogP contribution in [0.3, 0.4) is 0 Å². The molecule has 3 nitrogen and oxygen atoms in total.